The number of aliphatic hydroxyl groups excluding tert-OH is 1. The minimum Gasteiger partial charge on any atom is -0.393 e. The lowest BCUT2D eigenvalue weighted by Gasteiger charge is -2.33. The van der Waals surface area contributed by atoms with Crippen molar-refractivity contribution in [2.45, 2.75) is 187 Å². The van der Waals surface area contributed by atoms with Crippen LogP contribution < -0.4 is 0 Å². The van der Waals surface area contributed by atoms with Crippen LogP contribution in [0.3, 0.4) is 0 Å². The molecule has 4 fully saturated rings. The molecule has 2 aliphatic heterocycles. The van der Waals surface area contributed by atoms with Crippen LogP contribution in [-0.4, -0.2) is 102 Å². The third-order valence-corrected chi connectivity index (χ3v) is 13.8. The highest BCUT2D eigenvalue weighted by Crippen LogP contribution is 2.40. The molecule has 14 heteroatoms. The van der Waals surface area contributed by atoms with Gasteiger partial charge in [0.15, 0.2) is 0 Å². The number of aromatic nitrogens is 4. The molecule has 2 saturated heterocycles. The topological polar surface area (TPSA) is 106 Å². The maximum atomic E-state index is 13.7. The Balaban J connectivity index is 0.000000195. The Labute approximate surface area is 382 Å². The summed E-state index contributed by atoms with van der Waals surface area (Å²) >= 11 is 0. The van der Waals surface area contributed by atoms with Crippen molar-refractivity contribution in [3.63, 3.8) is 0 Å². The fourth-order valence-corrected chi connectivity index (χ4v) is 10.1. The zero-order chi connectivity index (χ0) is 47.1. The van der Waals surface area contributed by atoms with Gasteiger partial charge in [-0.15, -0.1) is 0 Å². The number of hydrogen-bond acceptors (Lipinski definition) is 6. The Morgan fingerprint density at radius 2 is 1.02 bits per heavy atom. The van der Waals surface area contributed by atoms with E-state index in [9.17, 15) is 32.3 Å². The highest BCUT2D eigenvalue weighted by Gasteiger charge is 2.38. The number of alkyl halides is 4. The predicted octanol–water partition coefficient (Wildman–Crippen LogP) is 10.9. The molecule has 2 aromatic heterocycles. The number of carbonyl (C=O) groups excluding carboxylic acids is 2. The molecule has 2 aromatic carbocycles. The van der Waals surface area contributed by atoms with E-state index in [0.29, 0.717) is 88.9 Å². The third-order valence-electron chi connectivity index (χ3n) is 13.8. The molecule has 65 heavy (non-hydrogen) atoms. The maximum absolute atomic E-state index is 13.7. The lowest BCUT2D eigenvalue weighted by Crippen LogP contribution is -2.41. The molecular weight excluding hydrogens is 837 g/mol. The van der Waals surface area contributed by atoms with Crippen molar-refractivity contribution in [1.29, 1.82) is 0 Å². The number of benzene rings is 2. The molecule has 1 N–H and O–H groups in total. The highest BCUT2D eigenvalue weighted by molar-refractivity contribution is 5.98. The first-order valence-corrected chi connectivity index (χ1v) is 24.2. The van der Waals surface area contributed by atoms with Crippen molar-refractivity contribution in [2.24, 2.45) is 11.8 Å². The minimum absolute atomic E-state index is 0.0322. The molecule has 10 nitrogen and oxygen atoms in total. The van der Waals surface area contributed by atoms with Gasteiger partial charge in [-0.3, -0.25) is 9.59 Å². The van der Waals surface area contributed by atoms with Gasteiger partial charge in [0, 0.05) is 86.9 Å². The van der Waals surface area contributed by atoms with Gasteiger partial charge in [0.1, 0.15) is 11.6 Å². The van der Waals surface area contributed by atoms with Crippen molar-refractivity contribution in [1.82, 2.24) is 28.9 Å². The number of rotatable bonds is 8. The predicted molar refractivity (Wildman–Crippen MR) is 247 cm³/mol. The van der Waals surface area contributed by atoms with E-state index in [2.05, 4.69) is 50.7 Å². The van der Waals surface area contributed by atoms with Crippen molar-refractivity contribution >= 4 is 33.9 Å². The first-order valence-electron chi connectivity index (χ1n) is 24.2. The molecule has 4 aromatic rings. The summed E-state index contributed by atoms with van der Waals surface area (Å²) in [7, 11) is 0. The van der Waals surface area contributed by atoms with Gasteiger partial charge in [-0.05, 0) is 113 Å². The Hall–Kier alpha value is -4.04. The van der Waals surface area contributed by atoms with Gasteiger partial charge in [-0.2, -0.15) is 0 Å². The van der Waals surface area contributed by atoms with Crippen molar-refractivity contribution in [3.8, 4) is 0 Å². The largest absolute Gasteiger partial charge is 0.393 e. The number of carbonyl (C=O) groups is 2. The Bertz CT molecular complexity index is 2270. The van der Waals surface area contributed by atoms with Crippen molar-refractivity contribution in [2.75, 3.05) is 26.2 Å². The van der Waals surface area contributed by atoms with Crippen LogP contribution >= 0.6 is 0 Å². The first kappa shape index (κ1) is 48.9. The Morgan fingerprint density at radius 1 is 0.646 bits per heavy atom. The Kier molecular flexibility index (Phi) is 14.5. The quantitative estimate of drug-likeness (QED) is 0.177. The van der Waals surface area contributed by atoms with Gasteiger partial charge in [-0.1, -0.05) is 41.5 Å². The number of ether oxygens (including phenoxy) is 1. The fourth-order valence-electron chi connectivity index (χ4n) is 10.1. The van der Waals surface area contributed by atoms with E-state index >= 15 is 0 Å². The van der Waals surface area contributed by atoms with Crippen LogP contribution in [0.2, 0.25) is 0 Å². The van der Waals surface area contributed by atoms with Crippen LogP contribution in [0.5, 0.6) is 0 Å². The summed E-state index contributed by atoms with van der Waals surface area (Å²) in [4.78, 5) is 39.7. The maximum Gasteiger partial charge on any atom is 0.253 e. The average Bonchev–Trinajstić information content (AvgIpc) is 3.80. The molecule has 0 spiro atoms. The van der Waals surface area contributed by atoms with E-state index in [4.69, 9.17) is 14.7 Å². The number of piperidine rings is 2. The fraction of sp³-hybridized carbons (Fsp3) is 0.686. The zero-order valence-electron chi connectivity index (χ0n) is 39.9. The summed E-state index contributed by atoms with van der Waals surface area (Å²) in [6.45, 7) is 20.6. The van der Waals surface area contributed by atoms with Crippen LogP contribution in [-0.2, 0) is 28.7 Å². The number of aliphatic hydroxyl groups is 1. The molecule has 2 aliphatic carbocycles. The van der Waals surface area contributed by atoms with E-state index in [1.165, 1.54) is 0 Å². The minimum atomic E-state index is -2.53. The molecule has 0 unspecified atom stereocenters. The van der Waals surface area contributed by atoms with E-state index in [0.717, 1.165) is 46.6 Å². The molecule has 2 saturated carbocycles. The molecule has 2 amide bonds. The third kappa shape index (κ3) is 11.9. The van der Waals surface area contributed by atoms with Crippen LogP contribution in [0.15, 0.2) is 36.4 Å². The van der Waals surface area contributed by atoms with E-state index in [1.807, 2.05) is 55.1 Å². The monoisotopic (exact) mass is 909 g/mol. The van der Waals surface area contributed by atoms with Gasteiger partial charge >= 0.3 is 0 Å². The van der Waals surface area contributed by atoms with Crippen LogP contribution in [0.25, 0.3) is 22.1 Å². The van der Waals surface area contributed by atoms with Crippen molar-refractivity contribution < 1.29 is 37.0 Å². The molecule has 0 atom stereocenters. The highest BCUT2D eigenvalue weighted by atomic mass is 19.3. The first-order chi connectivity index (χ1) is 30.5. The molecule has 8 rings (SSSR count). The lowest BCUT2D eigenvalue weighted by molar-refractivity contribution is -0.0478. The second kappa shape index (κ2) is 19.3. The number of amides is 2. The molecule has 4 heterocycles. The van der Waals surface area contributed by atoms with Crippen LogP contribution in [0.1, 0.15) is 165 Å². The number of hydrogen-bond donors (Lipinski definition) is 1. The molecule has 358 valence electrons. The van der Waals surface area contributed by atoms with Gasteiger partial charge in [-0.25, -0.2) is 27.5 Å². The standard InChI is InChI=1S/C27H39F2N3O2.C24H33F2N3O2/c1-18(2)34-21-10-14-31(15-11-21)24(33)20-6-7-23-22(16-20)30-25(26(3,4)5)32(23)17-19-8-12-27(28,29)13-9-19;1-23(2,3)22-27-19-14-17(21(31)28-12-8-18(30)9-13-28)4-5-20(19)29(22)15-16-6-10-24(25,26)11-7-16/h6-7,16,18-19,21H,8-15,17H2,1-5H3;4-5,14,16,18,30H,6-13,15H2,1-3H3. The second-order valence-electron chi connectivity index (χ2n) is 21.8. The SMILES string of the molecule is CC(C)(C)c1nc2cc(C(=O)N3CCC(O)CC3)ccc2n1CC1CCC(F)(F)CC1.CC(C)OC1CCN(C(=O)c2ccc3c(c2)nc(C(C)(C)C)n3CC2CCC(F)(F)CC2)CC1. The number of imidazole rings is 2. The summed E-state index contributed by atoms with van der Waals surface area (Å²) in [6, 6.07) is 11.4. The van der Waals surface area contributed by atoms with Crippen LogP contribution in [0.4, 0.5) is 17.6 Å². The number of halogens is 4. The van der Waals surface area contributed by atoms with Gasteiger partial charge in [0.2, 0.25) is 11.8 Å². The van der Waals surface area contributed by atoms with Gasteiger partial charge in [0.25, 0.3) is 11.8 Å². The smallest absolute Gasteiger partial charge is 0.253 e. The van der Waals surface area contributed by atoms with Gasteiger partial charge < -0.3 is 28.8 Å². The zero-order valence-corrected chi connectivity index (χ0v) is 39.9. The number of fused-ring (bicyclic) bond motifs is 2. The van der Waals surface area contributed by atoms with Crippen LogP contribution in [0, 0.1) is 11.8 Å². The summed E-state index contributed by atoms with van der Waals surface area (Å²) in [6.07, 6.45) is 4.97. The number of nitrogens with zero attached hydrogens (tertiary/aromatic N) is 6. The summed E-state index contributed by atoms with van der Waals surface area (Å²) < 4.78 is 64.8. The lowest BCUT2D eigenvalue weighted by atomic mass is 9.86. The average molecular weight is 909 g/mol. The molecule has 0 bridgehead atoms. The molecular formula is C51H72F4N6O4. The van der Waals surface area contributed by atoms with Crippen molar-refractivity contribution in [3.05, 3.63) is 59.2 Å². The second-order valence-corrected chi connectivity index (χ2v) is 21.8. The summed E-state index contributed by atoms with van der Waals surface area (Å²) in [5.41, 5.74) is 4.36. The summed E-state index contributed by atoms with van der Waals surface area (Å²) in [5, 5.41) is 9.70. The molecule has 0 radical (unpaired) electrons. The number of likely N-dealkylation sites (tertiary alicyclic amines) is 2. The van der Waals surface area contributed by atoms with E-state index in [-0.39, 0.29) is 78.5 Å². The molecule has 4 aliphatic rings. The van der Waals surface area contributed by atoms with E-state index in [1.54, 1.807) is 4.90 Å². The summed E-state index contributed by atoms with van der Waals surface area (Å²) in [5.74, 6) is -2.76. The Morgan fingerprint density at radius 3 is 1.37 bits per heavy atom. The normalized spacial score (nSPS) is 20.7. The van der Waals surface area contributed by atoms with E-state index < -0.39 is 11.8 Å². The van der Waals surface area contributed by atoms with Gasteiger partial charge in [0.05, 0.1) is 40.4 Å².